The SMILES string of the molecule is NC(=O)c1c(F)ccc(OCc2nn(-c3ccccc3)c(=O)o2)c1F. The monoisotopic (exact) mass is 347 g/mol. The van der Waals surface area contributed by atoms with Crippen molar-refractivity contribution in [2.45, 2.75) is 6.61 Å². The van der Waals surface area contributed by atoms with E-state index in [1.807, 2.05) is 0 Å². The van der Waals surface area contributed by atoms with Crippen molar-refractivity contribution < 1.29 is 22.7 Å². The summed E-state index contributed by atoms with van der Waals surface area (Å²) in [5, 5.41) is 3.92. The van der Waals surface area contributed by atoms with E-state index in [-0.39, 0.29) is 5.89 Å². The summed E-state index contributed by atoms with van der Waals surface area (Å²) in [5.74, 6) is -4.90. The van der Waals surface area contributed by atoms with Gasteiger partial charge in [0.25, 0.3) is 11.8 Å². The van der Waals surface area contributed by atoms with Crippen LogP contribution in [0, 0.1) is 11.6 Å². The van der Waals surface area contributed by atoms with Crippen molar-refractivity contribution in [2.75, 3.05) is 0 Å². The van der Waals surface area contributed by atoms with Crippen molar-refractivity contribution in [3.05, 3.63) is 76.1 Å². The van der Waals surface area contributed by atoms with Gasteiger partial charge in [-0.05, 0) is 24.3 Å². The van der Waals surface area contributed by atoms with Crippen LogP contribution in [0.2, 0.25) is 0 Å². The molecular weight excluding hydrogens is 336 g/mol. The number of hydrogen-bond donors (Lipinski definition) is 1. The third-order valence-electron chi connectivity index (χ3n) is 3.24. The van der Waals surface area contributed by atoms with Crippen molar-refractivity contribution in [3.63, 3.8) is 0 Å². The zero-order chi connectivity index (χ0) is 18.0. The van der Waals surface area contributed by atoms with Gasteiger partial charge in [-0.2, -0.15) is 4.68 Å². The maximum Gasteiger partial charge on any atom is 0.442 e. The number of benzene rings is 2. The molecule has 0 spiro atoms. The molecule has 0 radical (unpaired) electrons. The zero-order valence-corrected chi connectivity index (χ0v) is 12.6. The molecule has 1 heterocycles. The fraction of sp³-hybridized carbons (Fsp3) is 0.0625. The Hall–Kier alpha value is -3.49. The van der Waals surface area contributed by atoms with Crippen molar-refractivity contribution in [3.8, 4) is 11.4 Å². The first-order valence-corrected chi connectivity index (χ1v) is 7.02. The molecule has 3 rings (SSSR count). The van der Waals surface area contributed by atoms with E-state index in [0.29, 0.717) is 5.69 Å². The average Bonchev–Trinajstić information content (AvgIpc) is 2.95. The first kappa shape index (κ1) is 16.4. The van der Waals surface area contributed by atoms with E-state index in [2.05, 4.69) is 5.10 Å². The van der Waals surface area contributed by atoms with E-state index >= 15 is 0 Å². The molecule has 0 aliphatic carbocycles. The number of halogens is 2. The summed E-state index contributed by atoms with van der Waals surface area (Å²) in [4.78, 5) is 22.9. The van der Waals surface area contributed by atoms with Gasteiger partial charge in [0.15, 0.2) is 18.2 Å². The van der Waals surface area contributed by atoms with Crippen LogP contribution in [0.3, 0.4) is 0 Å². The molecular formula is C16H11F2N3O4. The minimum atomic E-state index is -1.26. The first-order valence-electron chi connectivity index (χ1n) is 7.02. The van der Waals surface area contributed by atoms with Gasteiger partial charge in [-0.1, -0.05) is 18.2 Å². The lowest BCUT2D eigenvalue weighted by molar-refractivity contribution is 0.0991. The number of nitrogens with two attached hydrogens (primary N) is 1. The predicted molar refractivity (Wildman–Crippen MR) is 81.3 cm³/mol. The van der Waals surface area contributed by atoms with Crippen LogP contribution < -0.4 is 16.2 Å². The third kappa shape index (κ3) is 3.25. The fourth-order valence-electron chi connectivity index (χ4n) is 2.12. The lowest BCUT2D eigenvalue weighted by Crippen LogP contribution is -2.16. The minimum Gasteiger partial charge on any atom is -0.481 e. The summed E-state index contributed by atoms with van der Waals surface area (Å²) in [7, 11) is 0. The molecule has 1 amide bonds. The number of carbonyl (C=O) groups excluding carboxylic acids is 1. The van der Waals surface area contributed by atoms with Gasteiger partial charge in [0, 0.05) is 0 Å². The molecule has 0 unspecified atom stereocenters. The van der Waals surface area contributed by atoms with Crippen molar-refractivity contribution in [2.24, 2.45) is 5.73 Å². The second-order valence-electron chi connectivity index (χ2n) is 4.90. The number of ether oxygens (including phenoxy) is 1. The van der Waals surface area contributed by atoms with E-state index in [1.54, 1.807) is 30.3 Å². The molecule has 0 atom stereocenters. The predicted octanol–water partition coefficient (Wildman–Crippen LogP) is 1.78. The van der Waals surface area contributed by atoms with Gasteiger partial charge in [-0.15, -0.1) is 5.10 Å². The average molecular weight is 347 g/mol. The molecule has 3 aromatic rings. The van der Waals surface area contributed by atoms with Crippen LogP contribution in [0.25, 0.3) is 5.69 Å². The Morgan fingerprint density at radius 3 is 2.60 bits per heavy atom. The first-order chi connectivity index (χ1) is 12.0. The molecule has 0 saturated heterocycles. The maximum absolute atomic E-state index is 14.1. The Balaban J connectivity index is 1.83. The molecule has 7 nitrogen and oxygen atoms in total. The number of carbonyl (C=O) groups is 1. The Morgan fingerprint density at radius 2 is 1.92 bits per heavy atom. The largest absolute Gasteiger partial charge is 0.481 e. The molecule has 0 saturated carbocycles. The van der Waals surface area contributed by atoms with Crippen LogP contribution in [0.1, 0.15) is 16.2 Å². The summed E-state index contributed by atoms with van der Waals surface area (Å²) in [6.07, 6.45) is 0. The van der Waals surface area contributed by atoms with Crippen LogP contribution in [0.4, 0.5) is 8.78 Å². The second kappa shape index (κ2) is 6.56. The second-order valence-corrected chi connectivity index (χ2v) is 4.90. The Labute approximate surface area is 139 Å². The highest BCUT2D eigenvalue weighted by atomic mass is 19.1. The fourth-order valence-corrected chi connectivity index (χ4v) is 2.12. The number of nitrogens with zero attached hydrogens (tertiary/aromatic N) is 2. The van der Waals surface area contributed by atoms with Crippen LogP contribution >= 0.6 is 0 Å². The smallest absolute Gasteiger partial charge is 0.442 e. The molecule has 128 valence electrons. The van der Waals surface area contributed by atoms with Gasteiger partial charge < -0.3 is 14.9 Å². The van der Waals surface area contributed by atoms with Crippen LogP contribution in [0.5, 0.6) is 5.75 Å². The highest BCUT2D eigenvalue weighted by molar-refractivity contribution is 5.93. The maximum atomic E-state index is 14.1. The van der Waals surface area contributed by atoms with Gasteiger partial charge in [0.2, 0.25) is 0 Å². The normalized spacial score (nSPS) is 10.6. The van der Waals surface area contributed by atoms with Crippen LogP contribution in [0.15, 0.2) is 51.7 Å². The lowest BCUT2D eigenvalue weighted by atomic mass is 10.2. The molecule has 25 heavy (non-hydrogen) atoms. The van der Waals surface area contributed by atoms with E-state index in [9.17, 15) is 18.4 Å². The van der Waals surface area contributed by atoms with E-state index in [4.69, 9.17) is 14.9 Å². The quantitative estimate of drug-likeness (QED) is 0.758. The van der Waals surface area contributed by atoms with E-state index in [0.717, 1.165) is 16.8 Å². The lowest BCUT2D eigenvalue weighted by Gasteiger charge is -2.07. The molecule has 1 aromatic heterocycles. The molecule has 2 aromatic carbocycles. The van der Waals surface area contributed by atoms with Gasteiger partial charge in [0.1, 0.15) is 11.4 Å². The molecule has 9 heteroatoms. The van der Waals surface area contributed by atoms with Crippen LogP contribution in [-0.4, -0.2) is 15.7 Å². The Kier molecular flexibility index (Phi) is 4.29. The minimum absolute atomic E-state index is 0.127. The molecule has 2 N–H and O–H groups in total. The Bertz CT molecular complexity index is 983. The molecule has 0 aliphatic rings. The van der Waals surface area contributed by atoms with Crippen LogP contribution in [-0.2, 0) is 6.61 Å². The van der Waals surface area contributed by atoms with Crippen molar-refractivity contribution in [1.29, 1.82) is 0 Å². The Morgan fingerprint density at radius 1 is 1.20 bits per heavy atom. The summed E-state index contributed by atoms with van der Waals surface area (Å²) in [5.41, 5.74) is 4.50. The highest BCUT2D eigenvalue weighted by Crippen LogP contribution is 2.23. The number of primary amides is 1. The molecule has 0 fully saturated rings. The van der Waals surface area contributed by atoms with E-state index < -0.39 is 41.2 Å². The molecule has 0 aliphatic heterocycles. The summed E-state index contributed by atoms with van der Waals surface area (Å²) in [6, 6.07) is 10.3. The number of aromatic nitrogens is 2. The summed E-state index contributed by atoms with van der Waals surface area (Å²) < 4.78 is 38.5. The van der Waals surface area contributed by atoms with Crippen molar-refractivity contribution >= 4 is 5.91 Å². The van der Waals surface area contributed by atoms with Gasteiger partial charge in [-0.25, -0.2) is 13.6 Å². The zero-order valence-electron chi connectivity index (χ0n) is 12.6. The number of rotatable bonds is 5. The summed E-state index contributed by atoms with van der Waals surface area (Å²) >= 11 is 0. The molecule has 0 bridgehead atoms. The van der Waals surface area contributed by atoms with Crippen molar-refractivity contribution in [1.82, 2.24) is 9.78 Å². The highest BCUT2D eigenvalue weighted by Gasteiger charge is 2.20. The van der Waals surface area contributed by atoms with Gasteiger partial charge >= 0.3 is 5.76 Å². The number of hydrogen-bond acceptors (Lipinski definition) is 5. The number of para-hydroxylation sites is 1. The standard InChI is InChI=1S/C16H11F2N3O4/c17-10-6-7-11(14(18)13(10)15(19)22)24-8-12-20-21(16(23)25-12)9-4-2-1-3-5-9/h1-7H,8H2,(H2,19,22). The number of amides is 1. The van der Waals surface area contributed by atoms with Gasteiger partial charge in [0.05, 0.1) is 5.69 Å². The summed E-state index contributed by atoms with van der Waals surface area (Å²) in [6.45, 7) is -0.407. The topological polar surface area (TPSA) is 100 Å². The third-order valence-corrected chi connectivity index (χ3v) is 3.24. The van der Waals surface area contributed by atoms with Gasteiger partial charge in [-0.3, -0.25) is 4.79 Å². The van der Waals surface area contributed by atoms with E-state index in [1.165, 1.54) is 0 Å².